The Morgan fingerprint density at radius 1 is 1.08 bits per heavy atom. The van der Waals surface area contributed by atoms with Crippen LogP contribution < -0.4 is 5.32 Å². The summed E-state index contributed by atoms with van der Waals surface area (Å²) in [5.74, 6) is -1.37. The van der Waals surface area contributed by atoms with Crippen LogP contribution in [0.4, 0.5) is 0 Å². The van der Waals surface area contributed by atoms with Crippen LogP contribution in [0.25, 0.3) is 0 Å². The molecule has 6 nitrogen and oxygen atoms in total. The second-order valence-electron chi connectivity index (χ2n) is 4.95. The van der Waals surface area contributed by atoms with Crippen LogP contribution >= 0.6 is 15.9 Å². The van der Waals surface area contributed by atoms with Gasteiger partial charge in [-0.25, -0.2) is 4.79 Å². The van der Waals surface area contributed by atoms with Crippen molar-refractivity contribution in [1.29, 1.82) is 0 Å². The Labute approximate surface area is 150 Å². The summed E-state index contributed by atoms with van der Waals surface area (Å²) < 4.78 is 9.80. The maximum Gasteiger partial charge on any atom is 0.328 e. The van der Waals surface area contributed by atoms with Gasteiger partial charge in [0.25, 0.3) is 5.91 Å². The van der Waals surface area contributed by atoms with E-state index in [1.807, 2.05) is 12.1 Å². The molecule has 0 spiro atoms. The molecule has 1 N–H and O–H groups in total. The molecular weight excluding hydrogens is 378 g/mol. The zero-order chi connectivity index (χ0) is 17.9. The molecule has 1 aromatic rings. The van der Waals surface area contributed by atoms with Crippen molar-refractivity contribution in [3.63, 3.8) is 0 Å². The van der Waals surface area contributed by atoms with Crippen LogP contribution in [0.5, 0.6) is 0 Å². The number of amides is 1. The van der Waals surface area contributed by atoms with Crippen LogP contribution in [0, 0.1) is 0 Å². The number of hydrogen-bond donors (Lipinski definition) is 1. The van der Waals surface area contributed by atoms with Gasteiger partial charge in [0, 0.05) is 17.3 Å². The minimum atomic E-state index is -0.891. The van der Waals surface area contributed by atoms with E-state index >= 15 is 0 Å². The van der Waals surface area contributed by atoms with Crippen molar-refractivity contribution in [2.24, 2.45) is 0 Å². The van der Waals surface area contributed by atoms with Crippen molar-refractivity contribution >= 4 is 33.8 Å². The van der Waals surface area contributed by atoms with E-state index in [-0.39, 0.29) is 26.1 Å². The molecular formula is C17H22BrNO5. The molecule has 0 saturated heterocycles. The number of alkyl halides is 1. The first kappa shape index (κ1) is 20.2. The Morgan fingerprint density at radius 2 is 1.71 bits per heavy atom. The average molecular weight is 400 g/mol. The highest BCUT2D eigenvalue weighted by Crippen LogP contribution is 2.09. The molecule has 0 bridgehead atoms. The Kier molecular flexibility index (Phi) is 9.07. The number of carbonyl (C=O) groups excluding carboxylic acids is 3. The first-order valence-corrected chi connectivity index (χ1v) is 8.91. The molecule has 7 heteroatoms. The van der Waals surface area contributed by atoms with Crippen molar-refractivity contribution in [2.75, 3.05) is 13.2 Å². The summed E-state index contributed by atoms with van der Waals surface area (Å²) in [4.78, 5) is 35.7. The fraction of sp³-hybridized carbons (Fsp3) is 0.471. The van der Waals surface area contributed by atoms with Crippen molar-refractivity contribution in [1.82, 2.24) is 5.32 Å². The van der Waals surface area contributed by atoms with E-state index in [4.69, 9.17) is 9.47 Å². The number of esters is 2. The highest BCUT2D eigenvalue weighted by Gasteiger charge is 2.23. The third kappa shape index (κ3) is 6.70. The predicted molar refractivity (Wildman–Crippen MR) is 92.8 cm³/mol. The number of hydrogen-bond acceptors (Lipinski definition) is 5. The number of benzene rings is 1. The largest absolute Gasteiger partial charge is 0.466 e. The van der Waals surface area contributed by atoms with Crippen LogP contribution in [-0.2, 0) is 24.4 Å². The van der Waals surface area contributed by atoms with Crippen LogP contribution in [0.3, 0.4) is 0 Å². The molecule has 0 aromatic heterocycles. The minimum absolute atomic E-state index is 0.0279. The minimum Gasteiger partial charge on any atom is -0.466 e. The number of nitrogens with one attached hydrogen (secondary N) is 1. The SMILES string of the molecule is CCOC(=O)CC[C@@H](NC(=O)c1ccc(CBr)cc1)C(=O)OCC. The van der Waals surface area contributed by atoms with Gasteiger partial charge in [-0.3, -0.25) is 9.59 Å². The molecule has 1 aromatic carbocycles. The van der Waals surface area contributed by atoms with Gasteiger partial charge in [-0.2, -0.15) is 0 Å². The summed E-state index contributed by atoms with van der Waals surface area (Å²) in [6, 6.07) is 6.11. The summed E-state index contributed by atoms with van der Waals surface area (Å²) >= 11 is 3.34. The van der Waals surface area contributed by atoms with E-state index in [0.717, 1.165) is 5.56 Å². The van der Waals surface area contributed by atoms with Crippen LogP contribution in [0.2, 0.25) is 0 Å². The molecule has 24 heavy (non-hydrogen) atoms. The van der Waals surface area contributed by atoms with Gasteiger partial charge >= 0.3 is 11.9 Å². The molecule has 1 rings (SSSR count). The van der Waals surface area contributed by atoms with Crippen molar-refractivity contribution in [3.8, 4) is 0 Å². The van der Waals surface area contributed by atoms with Crippen molar-refractivity contribution < 1.29 is 23.9 Å². The third-order valence-corrected chi connectivity index (χ3v) is 3.84. The van der Waals surface area contributed by atoms with Crippen LogP contribution in [0.15, 0.2) is 24.3 Å². The summed E-state index contributed by atoms with van der Waals surface area (Å²) in [5.41, 5.74) is 1.47. The topological polar surface area (TPSA) is 81.7 Å². The van der Waals surface area contributed by atoms with Gasteiger partial charge in [0.15, 0.2) is 0 Å². The van der Waals surface area contributed by atoms with E-state index in [2.05, 4.69) is 21.2 Å². The monoisotopic (exact) mass is 399 g/mol. The first-order valence-electron chi connectivity index (χ1n) is 7.79. The van der Waals surface area contributed by atoms with Crippen molar-refractivity contribution in [3.05, 3.63) is 35.4 Å². The molecule has 132 valence electrons. The molecule has 0 fully saturated rings. The Hall–Kier alpha value is -1.89. The first-order chi connectivity index (χ1) is 11.5. The fourth-order valence-electron chi connectivity index (χ4n) is 1.97. The van der Waals surface area contributed by atoms with Gasteiger partial charge in [0.1, 0.15) is 6.04 Å². The van der Waals surface area contributed by atoms with E-state index in [1.165, 1.54) is 0 Å². The van der Waals surface area contributed by atoms with Crippen LogP contribution in [0.1, 0.15) is 42.6 Å². The summed E-state index contributed by atoms with van der Waals surface area (Å²) in [5, 5.41) is 3.31. The van der Waals surface area contributed by atoms with E-state index in [0.29, 0.717) is 10.9 Å². The fourth-order valence-corrected chi connectivity index (χ4v) is 2.35. The lowest BCUT2D eigenvalue weighted by Crippen LogP contribution is -2.42. The molecule has 0 radical (unpaired) electrons. The summed E-state index contributed by atoms with van der Waals surface area (Å²) in [6.07, 6.45) is 0.156. The lowest BCUT2D eigenvalue weighted by Gasteiger charge is -2.17. The van der Waals surface area contributed by atoms with Gasteiger partial charge in [-0.15, -0.1) is 0 Å². The number of carbonyl (C=O) groups is 3. The molecule has 0 unspecified atom stereocenters. The van der Waals surface area contributed by atoms with Gasteiger partial charge < -0.3 is 14.8 Å². The van der Waals surface area contributed by atoms with Crippen LogP contribution in [-0.4, -0.2) is 37.1 Å². The lowest BCUT2D eigenvalue weighted by atomic mass is 10.1. The summed E-state index contributed by atoms with van der Waals surface area (Å²) in [6.45, 7) is 3.86. The molecule has 0 heterocycles. The second kappa shape index (κ2) is 10.8. The highest BCUT2D eigenvalue weighted by molar-refractivity contribution is 9.08. The number of halogens is 1. The quantitative estimate of drug-likeness (QED) is 0.509. The second-order valence-corrected chi connectivity index (χ2v) is 5.51. The highest BCUT2D eigenvalue weighted by atomic mass is 79.9. The standard InChI is InChI=1S/C17H22BrNO5/c1-3-23-15(20)10-9-14(17(22)24-4-2)19-16(21)13-7-5-12(11-18)6-8-13/h5-8,14H,3-4,9-11H2,1-2H3,(H,19,21)/t14-/m1/s1. The van der Waals surface area contributed by atoms with Crippen molar-refractivity contribution in [2.45, 2.75) is 38.1 Å². The van der Waals surface area contributed by atoms with E-state index in [9.17, 15) is 14.4 Å². The molecule has 0 aliphatic heterocycles. The normalized spacial score (nSPS) is 11.5. The van der Waals surface area contributed by atoms with Gasteiger partial charge in [0.05, 0.1) is 13.2 Å². The zero-order valence-electron chi connectivity index (χ0n) is 13.8. The maximum absolute atomic E-state index is 12.3. The summed E-state index contributed by atoms with van der Waals surface area (Å²) in [7, 11) is 0. The molecule has 1 amide bonds. The number of rotatable bonds is 9. The predicted octanol–water partition coefficient (Wildman–Crippen LogP) is 2.59. The smallest absolute Gasteiger partial charge is 0.328 e. The molecule has 0 aliphatic carbocycles. The molecule has 0 aliphatic rings. The molecule has 1 atom stereocenters. The van der Waals surface area contributed by atoms with Gasteiger partial charge in [-0.1, -0.05) is 28.1 Å². The molecule has 0 saturated carbocycles. The average Bonchev–Trinajstić information content (AvgIpc) is 2.58. The lowest BCUT2D eigenvalue weighted by molar-refractivity contribution is -0.146. The Bertz CT molecular complexity index is 559. The Morgan fingerprint density at radius 3 is 2.25 bits per heavy atom. The maximum atomic E-state index is 12.3. The van der Waals surface area contributed by atoms with Gasteiger partial charge in [-0.05, 0) is 38.0 Å². The van der Waals surface area contributed by atoms with E-state index in [1.54, 1.807) is 26.0 Å². The third-order valence-electron chi connectivity index (χ3n) is 3.19. The van der Waals surface area contributed by atoms with E-state index < -0.39 is 23.9 Å². The zero-order valence-corrected chi connectivity index (χ0v) is 15.4. The van der Waals surface area contributed by atoms with Gasteiger partial charge in [0.2, 0.25) is 0 Å². The number of ether oxygens (including phenoxy) is 2. The Balaban J connectivity index is 2.72.